The fraction of sp³-hybridized carbons (Fsp3) is 0.387. The number of benzene rings is 2. The third-order valence-electron chi connectivity index (χ3n) is 7.90. The van der Waals surface area contributed by atoms with Crippen LogP contribution in [0.1, 0.15) is 55.3 Å². The van der Waals surface area contributed by atoms with Crippen molar-refractivity contribution in [2.24, 2.45) is 5.92 Å². The van der Waals surface area contributed by atoms with E-state index < -0.39 is 0 Å². The minimum Gasteiger partial charge on any atom is -0.496 e. The Morgan fingerprint density at radius 1 is 1.23 bits per heavy atom. The number of aromatic amines is 2. The number of halogens is 1. The fourth-order valence-electron chi connectivity index (χ4n) is 5.96. The first-order valence-electron chi connectivity index (χ1n) is 14.0. The van der Waals surface area contributed by atoms with Gasteiger partial charge >= 0.3 is 0 Å². The first-order valence-corrected chi connectivity index (χ1v) is 14.0. The number of H-pyrrole nitrogens is 2. The second-order valence-electron chi connectivity index (χ2n) is 11.2. The Morgan fingerprint density at radius 3 is 2.92 bits per heavy atom. The molecule has 3 N–H and O–H groups in total. The topological polar surface area (TPSA) is 98.9 Å². The van der Waals surface area contributed by atoms with Crippen molar-refractivity contribution in [3.05, 3.63) is 71.3 Å². The number of piperidine rings is 1. The van der Waals surface area contributed by atoms with Crippen LogP contribution in [0.2, 0.25) is 0 Å². The van der Waals surface area contributed by atoms with Gasteiger partial charge in [-0.25, -0.2) is 4.39 Å². The molecule has 9 heteroatoms. The van der Waals surface area contributed by atoms with Crippen molar-refractivity contribution in [2.45, 2.75) is 51.1 Å². The monoisotopic (exact) mass is 542 g/mol. The number of fused-ring (bicyclic) bond motifs is 1. The Kier molecular flexibility index (Phi) is 7.38. The number of carbonyl (C=O) groups excluding carboxylic acids is 1. The standard InChI is InChI=1S/C31H35FN6O2/c1-19-13-23(17-38(16-19)18-24-25(32)5-3-7-28(24)40-2)34-29(39)8-4-6-27-30(20-9-10-20)31(37-36-27)21-11-12-26-22(14-21)15-33-35-26/h3-7,11-12,14-15,19-20,23H,8-10,13,16-18H2,1-2H3,(H,33,35)(H,34,39)(H,36,37). The van der Waals surface area contributed by atoms with Gasteiger partial charge in [0.1, 0.15) is 11.6 Å². The van der Waals surface area contributed by atoms with Crippen molar-refractivity contribution in [1.82, 2.24) is 30.6 Å². The highest BCUT2D eigenvalue weighted by Gasteiger charge is 2.31. The van der Waals surface area contributed by atoms with E-state index in [1.807, 2.05) is 24.4 Å². The van der Waals surface area contributed by atoms with Gasteiger partial charge < -0.3 is 10.1 Å². The highest BCUT2D eigenvalue weighted by Crippen LogP contribution is 2.46. The van der Waals surface area contributed by atoms with E-state index in [4.69, 9.17) is 4.74 Å². The summed E-state index contributed by atoms with van der Waals surface area (Å²) in [6, 6.07) is 11.1. The third-order valence-corrected chi connectivity index (χ3v) is 7.90. The van der Waals surface area contributed by atoms with Gasteiger partial charge in [-0.2, -0.15) is 10.2 Å². The average Bonchev–Trinajstić information content (AvgIpc) is 3.50. The second-order valence-corrected chi connectivity index (χ2v) is 11.2. The molecule has 8 nitrogen and oxygen atoms in total. The zero-order chi connectivity index (χ0) is 27.6. The summed E-state index contributed by atoms with van der Waals surface area (Å²) in [4.78, 5) is 15.1. The molecular formula is C31H35FN6O2. The molecule has 1 aliphatic carbocycles. The lowest BCUT2D eigenvalue weighted by Gasteiger charge is -2.37. The van der Waals surface area contributed by atoms with Crippen LogP contribution in [0.5, 0.6) is 5.75 Å². The molecule has 4 aromatic rings. The maximum absolute atomic E-state index is 14.5. The van der Waals surface area contributed by atoms with Gasteiger partial charge in [0.05, 0.1) is 30.2 Å². The zero-order valence-corrected chi connectivity index (χ0v) is 22.9. The van der Waals surface area contributed by atoms with Gasteiger partial charge in [0, 0.05) is 54.2 Å². The van der Waals surface area contributed by atoms with Gasteiger partial charge in [0.2, 0.25) is 5.91 Å². The summed E-state index contributed by atoms with van der Waals surface area (Å²) in [7, 11) is 1.56. The molecule has 0 bridgehead atoms. The van der Waals surface area contributed by atoms with E-state index in [1.54, 1.807) is 19.2 Å². The van der Waals surface area contributed by atoms with Crippen molar-refractivity contribution in [3.8, 4) is 17.0 Å². The number of likely N-dealkylation sites (tertiary alicyclic amines) is 1. The summed E-state index contributed by atoms with van der Waals surface area (Å²) < 4.78 is 19.9. The zero-order valence-electron chi connectivity index (χ0n) is 22.9. The van der Waals surface area contributed by atoms with Gasteiger partial charge in [0.15, 0.2) is 0 Å². The van der Waals surface area contributed by atoms with Crippen molar-refractivity contribution in [3.63, 3.8) is 0 Å². The fourth-order valence-corrected chi connectivity index (χ4v) is 5.96. The summed E-state index contributed by atoms with van der Waals surface area (Å²) in [6.45, 7) is 4.15. The largest absolute Gasteiger partial charge is 0.496 e. The van der Waals surface area contributed by atoms with Gasteiger partial charge in [-0.1, -0.05) is 25.1 Å². The number of aromatic nitrogens is 4. The number of carbonyl (C=O) groups is 1. The summed E-state index contributed by atoms with van der Waals surface area (Å²) in [6.07, 6.45) is 9.20. The minimum atomic E-state index is -0.266. The van der Waals surface area contributed by atoms with Gasteiger partial charge in [-0.05, 0) is 61.4 Å². The molecule has 2 aromatic heterocycles. The molecule has 2 unspecified atom stereocenters. The van der Waals surface area contributed by atoms with Crippen LogP contribution in [-0.2, 0) is 11.3 Å². The maximum Gasteiger partial charge on any atom is 0.224 e. The molecule has 0 radical (unpaired) electrons. The Morgan fingerprint density at radius 2 is 2.10 bits per heavy atom. The van der Waals surface area contributed by atoms with E-state index in [1.165, 1.54) is 11.6 Å². The molecule has 1 saturated carbocycles. The Hall–Kier alpha value is -3.98. The molecule has 2 fully saturated rings. The summed E-state index contributed by atoms with van der Waals surface area (Å²) in [5, 5.41) is 19.2. The number of hydrogen-bond donors (Lipinski definition) is 3. The molecule has 208 valence electrons. The molecule has 1 amide bonds. The number of nitrogens with one attached hydrogen (secondary N) is 3. The molecule has 6 rings (SSSR count). The molecule has 1 saturated heterocycles. The first kappa shape index (κ1) is 26.3. The minimum absolute atomic E-state index is 0.0149. The van der Waals surface area contributed by atoms with Gasteiger partial charge in [-0.15, -0.1) is 0 Å². The van der Waals surface area contributed by atoms with Crippen LogP contribution in [0.25, 0.3) is 28.2 Å². The lowest BCUT2D eigenvalue weighted by atomic mass is 9.95. The number of nitrogens with zero attached hydrogens (tertiary/aromatic N) is 3. The SMILES string of the molecule is COc1cccc(F)c1CN1CC(C)CC(NC(=O)CC=Cc2[nH]nc(-c3ccc4[nH]ncc4c3)c2C2CC2)C1. The first-order chi connectivity index (χ1) is 19.5. The lowest BCUT2D eigenvalue weighted by molar-refractivity contribution is -0.121. The number of rotatable bonds is 9. The molecule has 3 heterocycles. The Bertz CT molecular complexity index is 1540. The highest BCUT2D eigenvalue weighted by atomic mass is 19.1. The summed E-state index contributed by atoms with van der Waals surface area (Å²) in [5.74, 6) is 1.15. The molecule has 2 aromatic carbocycles. The maximum atomic E-state index is 14.5. The van der Waals surface area contributed by atoms with E-state index in [0.717, 1.165) is 53.7 Å². The van der Waals surface area contributed by atoms with E-state index in [-0.39, 0.29) is 24.2 Å². The Labute approximate surface area is 233 Å². The highest BCUT2D eigenvalue weighted by molar-refractivity contribution is 5.85. The van der Waals surface area contributed by atoms with Crippen LogP contribution >= 0.6 is 0 Å². The molecule has 40 heavy (non-hydrogen) atoms. The lowest BCUT2D eigenvalue weighted by Crippen LogP contribution is -2.50. The smallest absolute Gasteiger partial charge is 0.224 e. The van der Waals surface area contributed by atoms with Crippen molar-refractivity contribution in [2.75, 3.05) is 20.2 Å². The normalized spacial score (nSPS) is 19.9. The average molecular weight is 543 g/mol. The van der Waals surface area contributed by atoms with Gasteiger partial charge in [0.25, 0.3) is 0 Å². The number of methoxy groups -OCH3 is 1. The number of hydrogen-bond acceptors (Lipinski definition) is 5. The van der Waals surface area contributed by atoms with Crippen LogP contribution in [0.4, 0.5) is 4.39 Å². The third kappa shape index (κ3) is 5.65. The van der Waals surface area contributed by atoms with Crippen LogP contribution in [-0.4, -0.2) is 57.4 Å². The van der Waals surface area contributed by atoms with E-state index >= 15 is 0 Å². The molecule has 1 aliphatic heterocycles. The number of ether oxygens (including phenoxy) is 1. The predicted octanol–water partition coefficient (Wildman–Crippen LogP) is 5.41. The van der Waals surface area contributed by atoms with Crippen LogP contribution in [0, 0.1) is 11.7 Å². The molecular weight excluding hydrogens is 507 g/mol. The molecule has 2 atom stereocenters. The van der Waals surface area contributed by atoms with Gasteiger partial charge in [-0.3, -0.25) is 19.9 Å². The quantitative estimate of drug-likeness (QED) is 0.263. The van der Waals surface area contributed by atoms with Crippen molar-refractivity contribution < 1.29 is 13.9 Å². The molecule has 0 spiro atoms. The van der Waals surface area contributed by atoms with Crippen LogP contribution < -0.4 is 10.1 Å². The van der Waals surface area contributed by atoms with E-state index in [9.17, 15) is 9.18 Å². The Balaban J connectivity index is 1.09. The predicted molar refractivity (Wildman–Crippen MR) is 153 cm³/mol. The van der Waals surface area contributed by atoms with E-state index in [2.05, 4.69) is 49.7 Å². The summed E-state index contributed by atoms with van der Waals surface area (Å²) >= 11 is 0. The van der Waals surface area contributed by atoms with Crippen molar-refractivity contribution in [1.29, 1.82) is 0 Å². The second kappa shape index (κ2) is 11.3. The van der Waals surface area contributed by atoms with Crippen LogP contribution in [0.3, 0.4) is 0 Å². The number of amides is 1. The van der Waals surface area contributed by atoms with Crippen molar-refractivity contribution >= 4 is 22.9 Å². The summed E-state index contributed by atoms with van der Waals surface area (Å²) in [5.41, 5.74) is 5.78. The van der Waals surface area contributed by atoms with E-state index in [0.29, 0.717) is 36.2 Å². The molecule has 2 aliphatic rings. The van der Waals surface area contributed by atoms with Crippen LogP contribution in [0.15, 0.2) is 48.7 Å².